The third kappa shape index (κ3) is 4.02. The third-order valence-corrected chi connectivity index (χ3v) is 6.01. The van der Waals surface area contributed by atoms with E-state index in [4.69, 9.17) is 14.8 Å². The van der Waals surface area contributed by atoms with Gasteiger partial charge in [0.2, 0.25) is 0 Å². The highest BCUT2D eigenvalue weighted by Gasteiger charge is 2.25. The van der Waals surface area contributed by atoms with Crippen molar-refractivity contribution >= 4 is 17.6 Å². The second-order valence-electron chi connectivity index (χ2n) is 8.10. The summed E-state index contributed by atoms with van der Waals surface area (Å²) >= 11 is 0. The van der Waals surface area contributed by atoms with Crippen LogP contribution >= 0.6 is 0 Å². The van der Waals surface area contributed by atoms with Crippen molar-refractivity contribution in [2.75, 3.05) is 37.7 Å². The van der Waals surface area contributed by atoms with Gasteiger partial charge >= 0.3 is 6.09 Å². The Morgan fingerprint density at radius 3 is 2.21 bits per heavy atom. The number of aromatic nitrogens is 3. The number of fused-ring (bicyclic) bond motifs is 1. The summed E-state index contributed by atoms with van der Waals surface area (Å²) in [6.45, 7) is 6.86. The summed E-state index contributed by atoms with van der Waals surface area (Å²) in [6, 6.07) is 22.6. The molecule has 1 aliphatic rings. The van der Waals surface area contributed by atoms with Gasteiger partial charge in [0.25, 0.3) is 0 Å². The lowest BCUT2D eigenvalue weighted by Crippen LogP contribution is -2.49. The smallest absolute Gasteiger partial charge is 0.409 e. The Hall–Kier alpha value is -3.87. The van der Waals surface area contributed by atoms with Gasteiger partial charge in [-0.15, -0.1) is 0 Å². The Kier molecular flexibility index (Phi) is 5.69. The standard InChI is InChI=1S/C26H27N5O2/c1-3-33-26(32)30-16-14-29(15-17-30)23-18-22(20-10-6-4-7-11-20)27-25-24(19(2)28-31(23)25)21-12-8-5-9-13-21/h4-13,18H,3,14-17H2,1-2H3. The van der Waals surface area contributed by atoms with Crippen LogP contribution in [0.15, 0.2) is 66.7 Å². The van der Waals surface area contributed by atoms with Crippen molar-refractivity contribution < 1.29 is 9.53 Å². The lowest BCUT2D eigenvalue weighted by Gasteiger charge is -2.35. The van der Waals surface area contributed by atoms with Crippen LogP contribution in [0.3, 0.4) is 0 Å². The molecule has 2 aromatic heterocycles. The van der Waals surface area contributed by atoms with Crippen LogP contribution in [0.5, 0.6) is 0 Å². The predicted octanol–water partition coefficient (Wildman–Crippen LogP) is 4.65. The topological polar surface area (TPSA) is 63.0 Å². The highest BCUT2D eigenvalue weighted by molar-refractivity contribution is 5.83. The largest absolute Gasteiger partial charge is 0.450 e. The van der Waals surface area contributed by atoms with Gasteiger partial charge in [0, 0.05) is 43.4 Å². The van der Waals surface area contributed by atoms with E-state index in [2.05, 4.69) is 35.2 Å². The number of piperazine rings is 1. The number of hydrogen-bond donors (Lipinski definition) is 0. The Balaban J connectivity index is 1.60. The molecular weight excluding hydrogens is 414 g/mol. The van der Waals surface area contributed by atoms with E-state index in [9.17, 15) is 4.79 Å². The molecule has 7 nitrogen and oxygen atoms in total. The second kappa shape index (κ2) is 8.94. The van der Waals surface area contributed by atoms with Crippen molar-refractivity contribution in [3.8, 4) is 22.4 Å². The number of anilines is 1. The van der Waals surface area contributed by atoms with Gasteiger partial charge in [-0.25, -0.2) is 9.78 Å². The van der Waals surface area contributed by atoms with Crippen LogP contribution < -0.4 is 4.90 Å². The van der Waals surface area contributed by atoms with Gasteiger partial charge < -0.3 is 14.5 Å². The fraction of sp³-hybridized carbons (Fsp3) is 0.269. The van der Waals surface area contributed by atoms with E-state index < -0.39 is 0 Å². The van der Waals surface area contributed by atoms with Gasteiger partial charge in [0.1, 0.15) is 5.82 Å². The van der Waals surface area contributed by atoms with Crippen LogP contribution in [0.4, 0.5) is 10.6 Å². The molecule has 0 radical (unpaired) electrons. The first-order valence-corrected chi connectivity index (χ1v) is 11.3. The van der Waals surface area contributed by atoms with Crippen molar-refractivity contribution in [2.24, 2.45) is 0 Å². The van der Waals surface area contributed by atoms with Crippen LogP contribution in [0.2, 0.25) is 0 Å². The molecule has 2 aromatic carbocycles. The molecule has 1 amide bonds. The van der Waals surface area contributed by atoms with Crippen LogP contribution in [0.1, 0.15) is 12.6 Å². The summed E-state index contributed by atoms with van der Waals surface area (Å²) in [6.07, 6.45) is -0.247. The molecule has 7 heteroatoms. The average Bonchev–Trinajstić information content (AvgIpc) is 3.20. The lowest BCUT2D eigenvalue weighted by atomic mass is 10.1. The minimum absolute atomic E-state index is 0.247. The molecule has 0 aliphatic carbocycles. The first kappa shape index (κ1) is 21.0. The summed E-state index contributed by atoms with van der Waals surface area (Å²) in [7, 11) is 0. The number of benzene rings is 2. The quantitative estimate of drug-likeness (QED) is 0.461. The Bertz CT molecular complexity index is 1260. The first-order valence-electron chi connectivity index (χ1n) is 11.3. The van der Waals surface area contributed by atoms with Crippen molar-refractivity contribution in [1.82, 2.24) is 19.5 Å². The maximum atomic E-state index is 12.2. The first-order chi connectivity index (χ1) is 16.2. The molecule has 1 saturated heterocycles. The zero-order chi connectivity index (χ0) is 22.8. The van der Waals surface area contributed by atoms with Crippen LogP contribution in [-0.4, -0.2) is 58.4 Å². The molecule has 168 valence electrons. The maximum Gasteiger partial charge on any atom is 0.409 e. The monoisotopic (exact) mass is 441 g/mol. The maximum absolute atomic E-state index is 12.2. The number of aryl methyl sites for hydroxylation is 1. The van der Waals surface area contributed by atoms with Gasteiger partial charge in [-0.3, -0.25) is 0 Å². The van der Waals surface area contributed by atoms with Gasteiger partial charge in [-0.05, 0) is 19.4 Å². The predicted molar refractivity (Wildman–Crippen MR) is 129 cm³/mol. The summed E-state index contributed by atoms with van der Waals surface area (Å²) in [5, 5.41) is 4.89. The van der Waals surface area contributed by atoms with Crippen molar-refractivity contribution in [3.05, 3.63) is 72.4 Å². The fourth-order valence-electron chi connectivity index (χ4n) is 4.37. The number of ether oxygens (including phenoxy) is 1. The van der Waals surface area contributed by atoms with E-state index in [0.717, 1.165) is 39.5 Å². The molecule has 0 saturated carbocycles. The molecule has 0 unspecified atom stereocenters. The van der Waals surface area contributed by atoms with E-state index in [-0.39, 0.29) is 6.09 Å². The zero-order valence-corrected chi connectivity index (χ0v) is 18.9. The fourth-order valence-corrected chi connectivity index (χ4v) is 4.37. The Morgan fingerprint density at radius 1 is 0.939 bits per heavy atom. The van der Waals surface area contributed by atoms with E-state index in [1.807, 2.05) is 54.8 Å². The van der Waals surface area contributed by atoms with E-state index in [1.165, 1.54) is 0 Å². The normalized spacial score (nSPS) is 14.0. The average molecular weight is 442 g/mol. The Labute approximate surface area is 193 Å². The van der Waals surface area contributed by atoms with Gasteiger partial charge in [-0.1, -0.05) is 60.7 Å². The molecule has 3 heterocycles. The molecule has 33 heavy (non-hydrogen) atoms. The molecule has 0 atom stereocenters. The van der Waals surface area contributed by atoms with Gasteiger partial charge in [0.15, 0.2) is 5.65 Å². The molecule has 0 spiro atoms. The number of hydrogen-bond acceptors (Lipinski definition) is 5. The highest BCUT2D eigenvalue weighted by Crippen LogP contribution is 2.32. The van der Waals surface area contributed by atoms with E-state index >= 15 is 0 Å². The van der Waals surface area contributed by atoms with Crippen molar-refractivity contribution in [1.29, 1.82) is 0 Å². The van der Waals surface area contributed by atoms with Crippen LogP contribution in [-0.2, 0) is 4.74 Å². The van der Waals surface area contributed by atoms with Crippen LogP contribution in [0, 0.1) is 6.92 Å². The van der Waals surface area contributed by atoms with Crippen LogP contribution in [0.25, 0.3) is 28.0 Å². The van der Waals surface area contributed by atoms with Crippen molar-refractivity contribution in [3.63, 3.8) is 0 Å². The summed E-state index contributed by atoms with van der Waals surface area (Å²) in [5.41, 5.74) is 5.88. The number of nitrogens with zero attached hydrogens (tertiary/aromatic N) is 5. The highest BCUT2D eigenvalue weighted by atomic mass is 16.6. The third-order valence-electron chi connectivity index (χ3n) is 6.01. The number of carbonyl (C=O) groups is 1. The number of rotatable bonds is 4. The summed E-state index contributed by atoms with van der Waals surface area (Å²) in [4.78, 5) is 21.3. The number of amides is 1. The minimum Gasteiger partial charge on any atom is -0.450 e. The SMILES string of the molecule is CCOC(=O)N1CCN(c2cc(-c3ccccc3)nc3c(-c4ccccc4)c(C)nn23)CC1. The van der Waals surface area contributed by atoms with E-state index in [1.54, 1.807) is 4.90 Å². The molecule has 5 rings (SSSR count). The molecule has 1 aliphatic heterocycles. The molecular formula is C26H27N5O2. The lowest BCUT2D eigenvalue weighted by molar-refractivity contribution is 0.105. The molecule has 4 aromatic rings. The Morgan fingerprint density at radius 2 is 1.58 bits per heavy atom. The second-order valence-corrected chi connectivity index (χ2v) is 8.10. The van der Waals surface area contributed by atoms with Gasteiger partial charge in [0.05, 0.1) is 18.0 Å². The van der Waals surface area contributed by atoms with E-state index in [0.29, 0.717) is 32.8 Å². The zero-order valence-electron chi connectivity index (χ0n) is 18.9. The summed E-state index contributed by atoms with van der Waals surface area (Å²) < 4.78 is 7.13. The van der Waals surface area contributed by atoms with Gasteiger partial charge in [-0.2, -0.15) is 9.61 Å². The summed E-state index contributed by atoms with van der Waals surface area (Å²) in [5.74, 6) is 0.979. The molecule has 1 fully saturated rings. The van der Waals surface area contributed by atoms with Crippen molar-refractivity contribution in [2.45, 2.75) is 13.8 Å². The molecule has 0 bridgehead atoms. The number of carbonyl (C=O) groups excluding carboxylic acids is 1. The minimum atomic E-state index is -0.247. The molecule has 0 N–H and O–H groups in total.